The van der Waals surface area contributed by atoms with Crippen LogP contribution < -0.4 is 4.31 Å². The van der Waals surface area contributed by atoms with Crippen molar-refractivity contribution in [3.05, 3.63) is 59.7 Å². The van der Waals surface area contributed by atoms with E-state index in [0.717, 1.165) is 11.1 Å². The number of sulfonamides is 1. The van der Waals surface area contributed by atoms with Crippen molar-refractivity contribution in [3.63, 3.8) is 0 Å². The van der Waals surface area contributed by atoms with Crippen molar-refractivity contribution in [1.82, 2.24) is 0 Å². The molecule has 0 spiro atoms. The third-order valence-electron chi connectivity index (χ3n) is 3.22. The van der Waals surface area contributed by atoms with Crippen LogP contribution >= 0.6 is 11.6 Å². The summed E-state index contributed by atoms with van der Waals surface area (Å²) < 4.78 is 27.1. The van der Waals surface area contributed by atoms with Crippen molar-refractivity contribution < 1.29 is 8.42 Å². The number of benzene rings is 2. The van der Waals surface area contributed by atoms with Crippen molar-refractivity contribution in [2.24, 2.45) is 0 Å². The third kappa shape index (κ3) is 3.39. The molecular weight excluding hydrogens is 306 g/mol. The van der Waals surface area contributed by atoms with Crippen LogP contribution in [0.15, 0.2) is 53.4 Å². The first-order valence-corrected chi connectivity index (χ1v) is 8.71. The quantitative estimate of drug-likeness (QED) is 0.781. The monoisotopic (exact) mass is 323 g/mol. The zero-order valence-electron chi connectivity index (χ0n) is 12.1. The molecule has 0 saturated carbocycles. The Bertz CT molecular complexity index is 729. The van der Waals surface area contributed by atoms with Gasteiger partial charge in [-0.25, -0.2) is 8.42 Å². The number of hydrogen-bond donors (Lipinski definition) is 0. The number of aryl methyl sites for hydroxylation is 1. The number of rotatable bonds is 5. The van der Waals surface area contributed by atoms with Gasteiger partial charge in [0.25, 0.3) is 10.0 Å². The van der Waals surface area contributed by atoms with Gasteiger partial charge in [0.1, 0.15) is 0 Å². The van der Waals surface area contributed by atoms with E-state index < -0.39 is 10.0 Å². The van der Waals surface area contributed by atoms with Crippen LogP contribution in [0.5, 0.6) is 0 Å². The molecule has 0 bridgehead atoms. The van der Waals surface area contributed by atoms with Gasteiger partial charge in [0.05, 0.1) is 10.6 Å². The van der Waals surface area contributed by atoms with Gasteiger partial charge in [-0.2, -0.15) is 0 Å². The molecule has 5 heteroatoms. The Morgan fingerprint density at radius 2 is 1.81 bits per heavy atom. The minimum absolute atomic E-state index is 0.268. The van der Waals surface area contributed by atoms with E-state index >= 15 is 0 Å². The second-order valence-corrected chi connectivity index (χ2v) is 6.92. The predicted molar refractivity (Wildman–Crippen MR) is 87.4 cm³/mol. The molecule has 0 aliphatic carbocycles. The maximum atomic E-state index is 12.8. The van der Waals surface area contributed by atoms with E-state index in [-0.39, 0.29) is 4.90 Å². The molecule has 0 aromatic heterocycles. The van der Waals surface area contributed by atoms with Crippen molar-refractivity contribution in [2.45, 2.75) is 24.6 Å². The van der Waals surface area contributed by atoms with Crippen LogP contribution in [0, 0.1) is 6.92 Å². The second kappa shape index (κ2) is 6.50. The molecule has 21 heavy (non-hydrogen) atoms. The van der Waals surface area contributed by atoms with Gasteiger partial charge < -0.3 is 0 Å². The van der Waals surface area contributed by atoms with Crippen LogP contribution in [-0.2, 0) is 15.9 Å². The Hall–Kier alpha value is -1.52. The number of halogens is 1. The fourth-order valence-electron chi connectivity index (χ4n) is 2.19. The summed E-state index contributed by atoms with van der Waals surface area (Å²) >= 11 is 5.79. The van der Waals surface area contributed by atoms with Crippen LogP contribution in [0.4, 0.5) is 5.69 Å². The smallest absolute Gasteiger partial charge is 0.264 e. The van der Waals surface area contributed by atoms with Crippen LogP contribution in [0.2, 0.25) is 0 Å². The highest BCUT2D eigenvalue weighted by atomic mass is 35.5. The largest absolute Gasteiger partial charge is 0.267 e. The van der Waals surface area contributed by atoms with E-state index in [2.05, 4.69) is 0 Å². The van der Waals surface area contributed by atoms with Gasteiger partial charge in [0.2, 0.25) is 0 Å². The molecule has 0 aliphatic heterocycles. The Morgan fingerprint density at radius 3 is 2.43 bits per heavy atom. The number of nitrogens with zero attached hydrogens (tertiary/aromatic N) is 1. The first-order chi connectivity index (χ1) is 9.98. The van der Waals surface area contributed by atoms with E-state index in [1.165, 1.54) is 4.31 Å². The maximum absolute atomic E-state index is 12.8. The van der Waals surface area contributed by atoms with Gasteiger partial charge in [0, 0.05) is 12.4 Å². The van der Waals surface area contributed by atoms with Crippen LogP contribution in [0.3, 0.4) is 0 Å². The number of anilines is 1. The summed E-state index contributed by atoms with van der Waals surface area (Å²) in [5.74, 6) is 0.292. The van der Waals surface area contributed by atoms with Gasteiger partial charge in [-0.15, -0.1) is 11.6 Å². The molecule has 0 amide bonds. The fourth-order valence-corrected chi connectivity index (χ4v) is 3.89. The molecule has 0 radical (unpaired) electrons. The van der Waals surface area contributed by atoms with Gasteiger partial charge >= 0.3 is 0 Å². The lowest BCUT2D eigenvalue weighted by atomic mass is 10.2. The molecule has 0 aliphatic rings. The summed E-state index contributed by atoms with van der Waals surface area (Å²) in [6.45, 7) is 4.14. The SMILES string of the molecule is CCN(c1cccc(C)c1)S(=O)(=O)c1cccc(CCl)c1. The highest BCUT2D eigenvalue weighted by Gasteiger charge is 2.23. The van der Waals surface area contributed by atoms with Crippen molar-refractivity contribution in [2.75, 3.05) is 10.8 Å². The molecule has 2 rings (SSSR count). The standard InChI is InChI=1S/C16H18ClNO2S/c1-3-18(15-8-4-6-13(2)10-15)21(19,20)16-9-5-7-14(11-16)12-17/h4-11H,3,12H2,1-2H3. The topological polar surface area (TPSA) is 37.4 Å². The van der Waals surface area contributed by atoms with Crippen molar-refractivity contribution >= 4 is 27.3 Å². The van der Waals surface area contributed by atoms with E-state index in [0.29, 0.717) is 18.1 Å². The summed E-state index contributed by atoms with van der Waals surface area (Å²) in [6.07, 6.45) is 0. The molecule has 0 fully saturated rings. The maximum Gasteiger partial charge on any atom is 0.264 e. The van der Waals surface area contributed by atoms with Crippen molar-refractivity contribution in [1.29, 1.82) is 0 Å². The van der Waals surface area contributed by atoms with Gasteiger partial charge in [-0.3, -0.25) is 4.31 Å². The minimum Gasteiger partial charge on any atom is -0.267 e. The van der Waals surface area contributed by atoms with Gasteiger partial charge in [0.15, 0.2) is 0 Å². The highest BCUT2D eigenvalue weighted by Crippen LogP contribution is 2.25. The minimum atomic E-state index is -3.58. The lowest BCUT2D eigenvalue weighted by molar-refractivity contribution is 0.592. The Morgan fingerprint density at radius 1 is 1.10 bits per heavy atom. The molecule has 3 nitrogen and oxygen atoms in total. The lowest BCUT2D eigenvalue weighted by Gasteiger charge is -2.23. The Balaban J connectivity index is 2.49. The predicted octanol–water partition coefficient (Wildman–Crippen LogP) is 3.95. The third-order valence-corrected chi connectivity index (χ3v) is 5.43. The zero-order valence-corrected chi connectivity index (χ0v) is 13.7. The first-order valence-electron chi connectivity index (χ1n) is 6.73. The Kier molecular flexibility index (Phi) is 4.91. The van der Waals surface area contributed by atoms with E-state index in [9.17, 15) is 8.42 Å². The normalized spacial score (nSPS) is 11.4. The molecule has 2 aromatic rings. The number of hydrogen-bond acceptors (Lipinski definition) is 2. The molecule has 0 atom stereocenters. The lowest BCUT2D eigenvalue weighted by Crippen LogP contribution is -2.30. The van der Waals surface area contributed by atoms with Crippen LogP contribution in [0.1, 0.15) is 18.1 Å². The number of alkyl halides is 1. The molecule has 0 saturated heterocycles. The van der Waals surface area contributed by atoms with Gasteiger partial charge in [-0.05, 0) is 49.2 Å². The summed E-state index contributed by atoms with van der Waals surface area (Å²) in [4.78, 5) is 0.268. The average Bonchev–Trinajstić information content (AvgIpc) is 2.48. The van der Waals surface area contributed by atoms with Crippen molar-refractivity contribution in [3.8, 4) is 0 Å². The molecule has 112 valence electrons. The second-order valence-electron chi connectivity index (χ2n) is 4.79. The fraction of sp³-hybridized carbons (Fsp3) is 0.250. The summed E-state index contributed by atoms with van der Waals surface area (Å²) in [7, 11) is -3.58. The summed E-state index contributed by atoms with van der Waals surface area (Å²) in [5.41, 5.74) is 2.49. The summed E-state index contributed by atoms with van der Waals surface area (Å²) in [6, 6.07) is 14.2. The average molecular weight is 324 g/mol. The van der Waals surface area contributed by atoms with E-state index in [4.69, 9.17) is 11.6 Å². The van der Waals surface area contributed by atoms with E-state index in [1.54, 1.807) is 24.3 Å². The summed E-state index contributed by atoms with van der Waals surface area (Å²) in [5, 5.41) is 0. The Labute approximate surface area is 131 Å². The van der Waals surface area contributed by atoms with Gasteiger partial charge in [-0.1, -0.05) is 24.3 Å². The molecule has 0 heterocycles. The zero-order chi connectivity index (χ0) is 15.5. The van der Waals surface area contributed by atoms with Crippen LogP contribution in [0.25, 0.3) is 0 Å². The highest BCUT2D eigenvalue weighted by molar-refractivity contribution is 7.92. The first kappa shape index (κ1) is 15.9. The van der Waals surface area contributed by atoms with Crippen LogP contribution in [-0.4, -0.2) is 15.0 Å². The van der Waals surface area contributed by atoms with E-state index in [1.807, 2.05) is 38.1 Å². The molecule has 0 N–H and O–H groups in total. The molecule has 0 unspecified atom stereocenters. The molecule has 2 aromatic carbocycles. The molecular formula is C16H18ClNO2S.